The van der Waals surface area contributed by atoms with Gasteiger partial charge in [0.25, 0.3) is 0 Å². The van der Waals surface area contributed by atoms with E-state index in [0.717, 1.165) is 30.0 Å². The maximum absolute atomic E-state index is 12.4. The zero-order chi connectivity index (χ0) is 20.7. The van der Waals surface area contributed by atoms with E-state index in [-0.39, 0.29) is 5.97 Å². The number of carbonyl (C=O) groups is 1. The van der Waals surface area contributed by atoms with E-state index in [4.69, 9.17) is 14.3 Å². The SMILES string of the molecule is CCCC1=CN(OC(CC)C(=O)OC(C)(C)C)NN1c1cccc(OCC)c1. The second-order valence-electron chi connectivity index (χ2n) is 7.60. The van der Waals surface area contributed by atoms with Crippen molar-refractivity contribution in [1.82, 2.24) is 10.7 Å². The molecule has 28 heavy (non-hydrogen) atoms. The summed E-state index contributed by atoms with van der Waals surface area (Å²) in [6, 6.07) is 7.84. The zero-order valence-corrected chi connectivity index (χ0v) is 17.8. The first-order valence-corrected chi connectivity index (χ1v) is 9.96. The highest BCUT2D eigenvalue weighted by Gasteiger charge is 2.30. The van der Waals surface area contributed by atoms with Crippen molar-refractivity contribution >= 4 is 11.7 Å². The van der Waals surface area contributed by atoms with E-state index in [1.54, 1.807) is 0 Å². The molecule has 0 spiro atoms. The minimum Gasteiger partial charge on any atom is -0.494 e. The molecule has 1 aromatic carbocycles. The summed E-state index contributed by atoms with van der Waals surface area (Å²) in [5.41, 5.74) is 4.60. The Kier molecular flexibility index (Phi) is 7.71. The van der Waals surface area contributed by atoms with Gasteiger partial charge in [0.15, 0.2) is 6.10 Å². The molecule has 1 unspecified atom stereocenters. The first-order valence-electron chi connectivity index (χ1n) is 9.96. The molecule has 7 nitrogen and oxygen atoms in total. The number of nitrogens with one attached hydrogen (secondary N) is 1. The summed E-state index contributed by atoms with van der Waals surface area (Å²) in [5, 5.41) is 3.42. The number of hydrogen-bond donors (Lipinski definition) is 1. The number of hydroxylamine groups is 1. The van der Waals surface area contributed by atoms with Crippen LogP contribution in [0.15, 0.2) is 36.2 Å². The molecule has 0 fully saturated rings. The summed E-state index contributed by atoms with van der Waals surface area (Å²) in [4.78, 5) is 18.3. The van der Waals surface area contributed by atoms with Gasteiger partial charge >= 0.3 is 5.97 Å². The fraction of sp³-hybridized carbons (Fsp3) is 0.571. The first kappa shape index (κ1) is 22.0. The normalized spacial score (nSPS) is 15.4. The monoisotopic (exact) mass is 391 g/mol. The van der Waals surface area contributed by atoms with Crippen LogP contribution in [0, 0.1) is 0 Å². The smallest absolute Gasteiger partial charge is 0.338 e. The van der Waals surface area contributed by atoms with Gasteiger partial charge in [-0.3, -0.25) is 5.01 Å². The highest BCUT2D eigenvalue weighted by molar-refractivity contribution is 5.75. The van der Waals surface area contributed by atoms with Crippen LogP contribution in [-0.4, -0.2) is 29.5 Å². The Labute approximate surface area is 168 Å². The standard InChI is InChI=1S/C21H33N3O4/c1-7-11-17-15-23(28-19(8-2)20(25)27-21(4,5)6)22-24(17)16-12-10-13-18(14-16)26-9-3/h10,12-15,19,22H,7-9,11H2,1-6H3. The summed E-state index contributed by atoms with van der Waals surface area (Å²) < 4.78 is 11.1. The third kappa shape index (κ3) is 6.14. The number of benzene rings is 1. The number of nitrogens with zero attached hydrogens (tertiary/aromatic N) is 2. The topological polar surface area (TPSA) is 63.3 Å². The van der Waals surface area contributed by atoms with Crippen molar-refractivity contribution in [3.8, 4) is 5.75 Å². The van der Waals surface area contributed by atoms with Gasteiger partial charge in [-0.15, -0.1) is 5.53 Å². The van der Waals surface area contributed by atoms with Gasteiger partial charge in [0.1, 0.15) is 11.4 Å². The number of hydrazine groups is 2. The summed E-state index contributed by atoms with van der Waals surface area (Å²) in [6.07, 6.45) is 3.51. The summed E-state index contributed by atoms with van der Waals surface area (Å²) in [5.74, 6) is 0.427. The maximum Gasteiger partial charge on any atom is 0.338 e. The van der Waals surface area contributed by atoms with Crippen LogP contribution in [0.5, 0.6) is 5.75 Å². The predicted molar refractivity (Wildman–Crippen MR) is 109 cm³/mol. The Morgan fingerprint density at radius 2 is 1.96 bits per heavy atom. The molecule has 1 aromatic rings. The zero-order valence-electron chi connectivity index (χ0n) is 17.8. The Balaban J connectivity index is 2.13. The quantitative estimate of drug-likeness (QED) is 0.629. The number of rotatable bonds is 9. The van der Waals surface area contributed by atoms with Crippen molar-refractivity contribution in [3.05, 3.63) is 36.2 Å². The van der Waals surface area contributed by atoms with Gasteiger partial charge < -0.3 is 9.47 Å². The average molecular weight is 392 g/mol. The molecule has 1 heterocycles. The van der Waals surface area contributed by atoms with Crippen LogP contribution >= 0.6 is 0 Å². The van der Waals surface area contributed by atoms with Crippen LogP contribution in [0.2, 0.25) is 0 Å². The molecule has 2 rings (SSSR count). The van der Waals surface area contributed by atoms with Crippen LogP contribution in [-0.2, 0) is 14.4 Å². The van der Waals surface area contributed by atoms with Gasteiger partial charge in [0.05, 0.1) is 24.2 Å². The third-order valence-corrected chi connectivity index (χ3v) is 3.93. The predicted octanol–water partition coefficient (Wildman–Crippen LogP) is 4.32. The number of ether oxygens (including phenoxy) is 2. The van der Waals surface area contributed by atoms with Crippen molar-refractivity contribution in [3.63, 3.8) is 0 Å². The van der Waals surface area contributed by atoms with Crippen molar-refractivity contribution in [2.75, 3.05) is 11.6 Å². The lowest BCUT2D eigenvalue weighted by Crippen LogP contribution is -2.44. The van der Waals surface area contributed by atoms with Gasteiger partial charge in [0.2, 0.25) is 0 Å². The minimum absolute atomic E-state index is 0.376. The highest BCUT2D eigenvalue weighted by atomic mass is 16.7. The third-order valence-electron chi connectivity index (χ3n) is 3.93. The van der Waals surface area contributed by atoms with Gasteiger partial charge in [-0.25, -0.2) is 9.63 Å². The summed E-state index contributed by atoms with van der Waals surface area (Å²) in [6.45, 7) is 12.1. The van der Waals surface area contributed by atoms with Crippen LogP contribution in [0.1, 0.15) is 60.8 Å². The average Bonchev–Trinajstić information content (AvgIpc) is 3.01. The molecule has 156 valence electrons. The Bertz CT molecular complexity index is 684. The Hall–Kier alpha value is -2.25. The molecule has 1 aliphatic heterocycles. The van der Waals surface area contributed by atoms with E-state index >= 15 is 0 Å². The molecule has 0 aromatic heterocycles. The maximum atomic E-state index is 12.4. The lowest BCUT2D eigenvalue weighted by molar-refractivity contribution is -0.215. The van der Waals surface area contributed by atoms with Crippen LogP contribution < -0.4 is 15.3 Å². The molecule has 0 saturated heterocycles. The lowest BCUT2D eigenvalue weighted by atomic mass is 10.2. The molecule has 0 bridgehead atoms. The van der Waals surface area contributed by atoms with Gasteiger partial charge in [-0.1, -0.05) is 26.3 Å². The highest BCUT2D eigenvalue weighted by Crippen LogP contribution is 2.28. The summed E-state index contributed by atoms with van der Waals surface area (Å²) in [7, 11) is 0. The largest absolute Gasteiger partial charge is 0.494 e. The number of esters is 1. The molecular formula is C21H33N3O4. The number of allylic oxidation sites excluding steroid dienone is 1. The van der Waals surface area contributed by atoms with E-state index in [0.29, 0.717) is 13.0 Å². The summed E-state index contributed by atoms with van der Waals surface area (Å²) >= 11 is 0. The van der Waals surface area contributed by atoms with Crippen molar-refractivity contribution < 1.29 is 19.1 Å². The molecule has 0 amide bonds. The van der Waals surface area contributed by atoms with E-state index in [9.17, 15) is 4.79 Å². The van der Waals surface area contributed by atoms with E-state index in [1.807, 2.05) is 70.1 Å². The minimum atomic E-state index is -0.694. The van der Waals surface area contributed by atoms with Crippen LogP contribution in [0.25, 0.3) is 0 Å². The van der Waals surface area contributed by atoms with Crippen LogP contribution in [0.4, 0.5) is 5.69 Å². The molecule has 1 aliphatic rings. The van der Waals surface area contributed by atoms with Crippen molar-refractivity contribution in [2.45, 2.75) is 72.5 Å². The molecule has 1 atom stereocenters. The lowest BCUT2D eigenvalue weighted by Gasteiger charge is -2.28. The molecule has 1 N–H and O–H groups in total. The Morgan fingerprint density at radius 1 is 1.21 bits per heavy atom. The molecular weight excluding hydrogens is 358 g/mol. The number of anilines is 1. The number of hydrogen-bond acceptors (Lipinski definition) is 7. The van der Waals surface area contributed by atoms with Crippen molar-refractivity contribution in [1.29, 1.82) is 0 Å². The van der Waals surface area contributed by atoms with E-state index in [1.165, 1.54) is 5.17 Å². The van der Waals surface area contributed by atoms with E-state index in [2.05, 4.69) is 12.5 Å². The Morgan fingerprint density at radius 3 is 2.57 bits per heavy atom. The molecule has 0 aliphatic carbocycles. The first-order chi connectivity index (χ1) is 13.3. The second-order valence-corrected chi connectivity index (χ2v) is 7.60. The molecule has 7 heteroatoms. The fourth-order valence-electron chi connectivity index (χ4n) is 2.76. The molecule has 0 radical (unpaired) electrons. The van der Waals surface area contributed by atoms with Gasteiger partial charge in [-0.05, 0) is 52.7 Å². The molecule has 0 saturated carbocycles. The fourth-order valence-corrected chi connectivity index (χ4v) is 2.76. The van der Waals surface area contributed by atoms with Crippen molar-refractivity contribution in [2.24, 2.45) is 0 Å². The second kappa shape index (κ2) is 9.80. The van der Waals surface area contributed by atoms with E-state index < -0.39 is 11.7 Å². The van der Waals surface area contributed by atoms with Gasteiger partial charge in [-0.2, -0.15) is 5.17 Å². The van der Waals surface area contributed by atoms with Gasteiger partial charge in [0, 0.05) is 6.07 Å². The number of carbonyl (C=O) groups excluding carboxylic acids is 1. The van der Waals surface area contributed by atoms with Crippen LogP contribution in [0.3, 0.4) is 0 Å².